The van der Waals surface area contributed by atoms with Crippen LogP contribution in [0.4, 0.5) is 0 Å². The number of aryl methyl sites for hydroxylation is 1. The highest BCUT2D eigenvalue weighted by molar-refractivity contribution is 5.48. The number of nitrogens with zero attached hydrogens (tertiary/aromatic N) is 3. The number of ether oxygens (including phenoxy) is 1. The van der Waals surface area contributed by atoms with Crippen LogP contribution in [0.15, 0.2) is 36.5 Å². The molecule has 182 valence electrons. The van der Waals surface area contributed by atoms with Gasteiger partial charge >= 0.3 is 0 Å². The predicted octanol–water partition coefficient (Wildman–Crippen LogP) is 3.75. The predicted molar refractivity (Wildman–Crippen MR) is 134 cm³/mol. The van der Waals surface area contributed by atoms with Gasteiger partial charge in [-0.1, -0.05) is 12.1 Å². The smallest absolute Gasteiger partial charge is 0.119 e. The van der Waals surface area contributed by atoms with Crippen molar-refractivity contribution in [3.63, 3.8) is 0 Å². The molecule has 2 aliphatic heterocycles. The summed E-state index contributed by atoms with van der Waals surface area (Å²) in [6.45, 7) is 7.41. The van der Waals surface area contributed by atoms with Crippen LogP contribution in [0, 0.1) is 12.8 Å². The molecule has 1 aromatic carbocycles. The van der Waals surface area contributed by atoms with Crippen LogP contribution in [0.5, 0.6) is 5.75 Å². The average Bonchev–Trinajstić information content (AvgIpc) is 3.67. The maximum absolute atomic E-state index is 12.7. The summed E-state index contributed by atoms with van der Waals surface area (Å²) in [7, 11) is 1.75. The van der Waals surface area contributed by atoms with Gasteiger partial charge in [-0.3, -0.25) is 9.88 Å². The summed E-state index contributed by atoms with van der Waals surface area (Å²) >= 11 is 0. The van der Waals surface area contributed by atoms with Crippen LogP contribution in [-0.4, -0.2) is 71.4 Å². The third-order valence-electron chi connectivity index (χ3n) is 9.53. The zero-order chi connectivity index (χ0) is 23.3. The summed E-state index contributed by atoms with van der Waals surface area (Å²) in [5, 5.41) is 12.7. The number of hydrogen-bond acceptors (Lipinski definition) is 5. The Balaban J connectivity index is 1.31. The fraction of sp³-hybridized carbons (Fsp3) is 0.621. The van der Waals surface area contributed by atoms with Crippen LogP contribution >= 0.6 is 0 Å². The fourth-order valence-electron chi connectivity index (χ4n) is 7.30. The van der Waals surface area contributed by atoms with Gasteiger partial charge < -0.3 is 14.7 Å². The highest BCUT2D eigenvalue weighted by atomic mass is 16.5. The first-order valence-corrected chi connectivity index (χ1v) is 13.3. The van der Waals surface area contributed by atoms with E-state index in [9.17, 15) is 5.11 Å². The van der Waals surface area contributed by atoms with Gasteiger partial charge in [0.15, 0.2) is 0 Å². The topological polar surface area (TPSA) is 48.8 Å². The molecule has 5 nitrogen and oxygen atoms in total. The molecular weight excluding hydrogens is 422 g/mol. The molecule has 2 saturated heterocycles. The van der Waals surface area contributed by atoms with Crippen molar-refractivity contribution in [2.24, 2.45) is 5.92 Å². The molecule has 3 atom stereocenters. The Bertz CT molecular complexity index is 1050. The average molecular weight is 462 g/mol. The molecule has 5 heteroatoms. The first-order chi connectivity index (χ1) is 16.5. The van der Waals surface area contributed by atoms with E-state index in [1.807, 2.05) is 12.3 Å². The number of aromatic nitrogens is 1. The lowest BCUT2D eigenvalue weighted by Crippen LogP contribution is -2.71. The largest absolute Gasteiger partial charge is 0.497 e. The first kappa shape index (κ1) is 22.5. The maximum Gasteiger partial charge on any atom is 0.119 e. The summed E-state index contributed by atoms with van der Waals surface area (Å²) in [5.74, 6) is 1.76. The minimum atomic E-state index is -0.685. The Hall–Kier alpha value is -1.95. The third kappa shape index (κ3) is 3.68. The quantitative estimate of drug-likeness (QED) is 0.710. The molecule has 0 spiro atoms. The summed E-state index contributed by atoms with van der Waals surface area (Å²) < 4.78 is 5.65. The SMILES string of the molecule is COc1ccc2c(c1)C13CCN(CCc4ncccc4C)CCC1(O)C(C2)N(CC1CC1)CC3. The van der Waals surface area contributed by atoms with Gasteiger partial charge in [0.25, 0.3) is 0 Å². The molecule has 3 heterocycles. The Morgan fingerprint density at radius 2 is 1.94 bits per heavy atom. The normalized spacial score (nSPS) is 31.4. The zero-order valence-electron chi connectivity index (χ0n) is 20.8. The Morgan fingerprint density at radius 3 is 2.74 bits per heavy atom. The van der Waals surface area contributed by atoms with E-state index < -0.39 is 5.60 Å². The minimum absolute atomic E-state index is 0.185. The van der Waals surface area contributed by atoms with Gasteiger partial charge in [0.05, 0.1) is 12.7 Å². The summed E-state index contributed by atoms with van der Waals surface area (Å²) in [5.41, 5.74) is 4.39. The number of fused-ring (bicyclic) bond motifs is 1. The van der Waals surface area contributed by atoms with Crippen molar-refractivity contribution in [2.75, 3.05) is 39.8 Å². The van der Waals surface area contributed by atoms with Gasteiger partial charge in [-0.05, 0) is 99.3 Å². The van der Waals surface area contributed by atoms with Gasteiger partial charge in [0.1, 0.15) is 5.75 Å². The number of piperidine rings is 1. The van der Waals surface area contributed by atoms with Gasteiger partial charge in [0, 0.05) is 49.4 Å². The van der Waals surface area contributed by atoms with E-state index in [4.69, 9.17) is 4.74 Å². The lowest BCUT2D eigenvalue weighted by atomic mass is 9.52. The Labute approximate surface area is 204 Å². The molecule has 3 unspecified atom stereocenters. The molecule has 0 radical (unpaired) electrons. The number of likely N-dealkylation sites (tertiary alicyclic amines) is 2. The molecule has 1 N–H and O–H groups in total. The molecular formula is C29H39N3O2. The lowest BCUT2D eigenvalue weighted by molar-refractivity contribution is -0.149. The van der Waals surface area contributed by atoms with Crippen LogP contribution in [0.1, 0.15) is 54.5 Å². The van der Waals surface area contributed by atoms with Crippen LogP contribution < -0.4 is 4.74 Å². The highest BCUT2D eigenvalue weighted by Crippen LogP contribution is 2.56. The molecule has 1 saturated carbocycles. The molecule has 2 aliphatic carbocycles. The summed E-state index contributed by atoms with van der Waals surface area (Å²) in [6.07, 6.45) is 9.46. The third-order valence-corrected chi connectivity index (χ3v) is 9.53. The van der Waals surface area contributed by atoms with Crippen LogP contribution in [0.2, 0.25) is 0 Å². The summed E-state index contributed by atoms with van der Waals surface area (Å²) in [6, 6.07) is 11.0. The van der Waals surface area contributed by atoms with Crippen molar-refractivity contribution >= 4 is 0 Å². The molecule has 6 rings (SSSR count). The molecule has 2 aromatic rings. The molecule has 34 heavy (non-hydrogen) atoms. The van der Waals surface area contributed by atoms with E-state index in [-0.39, 0.29) is 11.5 Å². The summed E-state index contributed by atoms with van der Waals surface area (Å²) in [4.78, 5) is 9.87. The molecule has 4 aliphatic rings. The molecule has 1 aromatic heterocycles. The minimum Gasteiger partial charge on any atom is -0.497 e. The number of methoxy groups -OCH3 is 1. The van der Waals surface area contributed by atoms with E-state index in [1.54, 1.807) is 7.11 Å². The van der Waals surface area contributed by atoms with Crippen molar-refractivity contribution in [3.8, 4) is 5.75 Å². The first-order valence-electron chi connectivity index (χ1n) is 13.3. The van der Waals surface area contributed by atoms with Crippen LogP contribution in [0.3, 0.4) is 0 Å². The molecule has 0 amide bonds. The Kier molecular flexibility index (Phi) is 5.70. The van der Waals surface area contributed by atoms with E-state index in [1.165, 1.54) is 35.2 Å². The zero-order valence-corrected chi connectivity index (χ0v) is 20.8. The fourth-order valence-corrected chi connectivity index (χ4v) is 7.30. The van der Waals surface area contributed by atoms with Crippen molar-refractivity contribution in [2.45, 2.75) is 68.9 Å². The standard InChI is InChI=1S/C29H39N3O2/c1-21-4-3-13-30-26(21)9-14-31-15-10-28-11-17-32(20-22-5-6-22)27(29(28,33)12-16-31)18-23-7-8-24(34-2)19-25(23)28/h3-4,7-8,13,19,22,27,33H,5-6,9-12,14-18,20H2,1-2H3. The Morgan fingerprint density at radius 1 is 1.12 bits per heavy atom. The number of hydrogen-bond donors (Lipinski definition) is 1. The van der Waals surface area contributed by atoms with Gasteiger partial charge in [-0.2, -0.15) is 0 Å². The van der Waals surface area contributed by atoms with Crippen molar-refractivity contribution < 1.29 is 9.84 Å². The maximum atomic E-state index is 12.7. The lowest BCUT2D eigenvalue weighted by Gasteiger charge is -2.61. The second-order valence-corrected chi connectivity index (χ2v) is 11.3. The second kappa shape index (κ2) is 8.61. The van der Waals surface area contributed by atoms with Crippen LogP contribution in [-0.2, 0) is 18.3 Å². The number of aliphatic hydroxyl groups is 1. The molecule has 3 fully saturated rings. The van der Waals surface area contributed by atoms with E-state index in [0.29, 0.717) is 0 Å². The van der Waals surface area contributed by atoms with E-state index >= 15 is 0 Å². The number of benzene rings is 1. The van der Waals surface area contributed by atoms with Crippen molar-refractivity contribution in [3.05, 3.63) is 58.9 Å². The number of rotatable bonds is 6. The molecule has 2 bridgehead atoms. The monoisotopic (exact) mass is 461 g/mol. The van der Waals surface area contributed by atoms with Gasteiger partial charge in [-0.15, -0.1) is 0 Å². The van der Waals surface area contributed by atoms with Gasteiger partial charge in [0.2, 0.25) is 0 Å². The second-order valence-electron chi connectivity index (χ2n) is 11.3. The number of pyridine rings is 1. The highest BCUT2D eigenvalue weighted by Gasteiger charge is 2.63. The van der Waals surface area contributed by atoms with E-state index in [2.05, 4.69) is 46.0 Å². The van der Waals surface area contributed by atoms with Crippen LogP contribution in [0.25, 0.3) is 0 Å². The van der Waals surface area contributed by atoms with Crippen molar-refractivity contribution in [1.29, 1.82) is 0 Å². The van der Waals surface area contributed by atoms with Gasteiger partial charge in [-0.25, -0.2) is 0 Å². The van der Waals surface area contributed by atoms with E-state index in [0.717, 1.165) is 76.5 Å². The van der Waals surface area contributed by atoms with Crippen molar-refractivity contribution in [1.82, 2.24) is 14.8 Å².